The van der Waals surface area contributed by atoms with Gasteiger partial charge in [0.25, 0.3) is 11.8 Å². The van der Waals surface area contributed by atoms with Crippen LogP contribution >= 0.6 is 11.3 Å². The van der Waals surface area contributed by atoms with Crippen LogP contribution in [0, 0.1) is 6.92 Å². The molecule has 3 N–H and O–H groups in total. The number of rotatable bonds is 6. The summed E-state index contributed by atoms with van der Waals surface area (Å²) in [5, 5.41) is 15.6. The van der Waals surface area contributed by atoms with Gasteiger partial charge >= 0.3 is 0 Å². The maximum atomic E-state index is 12.4. The zero-order valence-electron chi connectivity index (χ0n) is 14.7. The molecule has 0 atom stereocenters. The van der Waals surface area contributed by atoms with E-state index in [9.17, 15) is 14.7 Å². The van der Waals surface area contributed by atoms with Crippen LogP contribution in [0.1, 0.15) is 25.7 Å². The Labute approximate surface area is 160 Å². The predicted octanol–water partition coefficient (Wildman–Crippen LogP) is 2.98. The lowest BCUT2D eigenvalue weighted by Crippen LogP contribution is -2.34. The first-order chi connectivity index (χ1) is 13.0. The first-order valence-electron chi connectivity index (χ1n) is 8.43. The van der Waals surface area contributed by atoms with Crippen LogP contribution in [0.5, 0.6) is 5.75 Å². The molecule has 1 heterocycles. The minimum absolute atomic E-state index is 0.105. The number of nitrogens with one attached hydrogen (secondary N) is 2. The molecule has 2 amide bonds. The molecule has 138 valence electrons. The van der Waals surface area contributed by atoms with E-state index in [1.165, 1.54) is 35.6 Å². The number of aromatic hydroxyl groups is 1. The molecule has 2 aromatic carbocycles. The van der Waals surface area contributed by atoms with Crippen LogP contribution in [0.2, 0.25) is 0 Å². The topological polar surface area (TPSA) is 91.3 Å². The van der Waals surface area contributed by atoms with Gasteiger partial charge in [-0.3, -0.25) is 9.59 Å². The van der Waals surface area contributed by atoms with Gasteiger partial charge in [0, 0.05) is 24.2 Å². The predicted molar refractivity (Wildman–Crippen MR) is 105 cm³/mol. The molecule has 6 nitrogen and oxygen atoms in total. The van der Waals surface area contributed by atoms with E-state index in [-0.39, 0.29) is 17.6 Å². The molecule has 0 aliphatic carbocycles. The first kappa shape index (κ1) is 18.6. The van der Waals surface area contributed by atoms with E-state index in [4.69, 9.17) is 0 Å². The average Bonchev–Trinajstić information content (AvgIpc) is 3.08. The third-order valence-electron chi connectivity index (χ3n) is 3.85. The van der Waals surface area contributed by atoms with E-state index in [1.54, 1.807) is 0 Å². The lowest BCUT2D eigenvalue weighted by Gasteiger charge is -2.07. The van der Waals surface area contributed by atoms with E-state index in [0.717, 1.165) is 10.6 Å². The number of amides is 2. The number of nitrogens with zero attached hydrogens (tertiary/aromatic N) is 1. The van der Waals surface area contributed by atoms with E-state index in [1.807, 2.05) is 37.3 Å². The van der Waals surface area contributed by atoms with E-state index in [0.29, 0.717) is 29.2 Å². The molecule has 3 aromatic rings. The lowest BCUT2D eigenvalue weighted by molar-refractivity contribution is 0.0929. The fourth-order valence-electron chi connectivity index (χ4n) is 2.46. The minimum atomic E-state index is -0.260. The van der Waals surface area contributed by atoms with Gasteiger partial charge in [0.05, 0.1) is 5.69 Å². The van der Waals surface area contributed by atoms with Crippen molar-refractivity contribution in [1.82, 2.24) is 15.6 Å². The molecule has 0 unspecified atom stereocenters. The highest BCUT2D eigenvalue weighted by atomic mass is 32.1. The molecule has 0 bridgehead atoms. The third kappa shape index (κ3) is 4.71. The summed E-state index contributed by atoms with van der Waals surface area (Å²) in [5.41, 5.74) is 2.11. The van der Waals surface area contributed by atoms with Gasteiger partial charge in [-0.25, -0.2) is 4.98 Å². The number of phenolic OH excluding ortho intramolecular Hbond substituents is 1. The number of benzene rings is 2. The standard InChI is InChI=1S/C20H19N3O3S/c1-13-17(27-20(23-13)15-5-3-2-4-6-15)19(26)22-12-11-21-18(25)14-7-9-16(24)10-8-14/h2-10,24H,11-12H2,1H3,(H,21,25)(H,22,26). The van der Waals surface area contributed by atoms with Crippen molar-refractivity contribution in [2.45, 2.75) is 6.92 Å². The Morgan fingerprint density at radius 1 is 0.963 bits per heavy atom. The summed E-state index contributed by atoms with van der Waals surface area (Å²) >= 11 is 1.35. The zero-order chi connectivity index (χ0) is 19.2. The first-order valence-corrected chi connectivity index (χ1v) is 9.24. The van der Waals surface area contributed by atoms with E-state index < -0.39 is 0 Å². The van der Waals surface area contributed by atoms with Gasteiger partial charge in [-0.05, 0) is 31.2 Å². The Balaban J connectivity index is 1.52. The highest BCUT2D eigenvalue weighted by Gasteiger charge is 2.15. The Morgan fingerprint density at radius 3 is 2.26 bits per heavy atom. The van der Waals surface area contributed by atoms with Crippen molar-refractivity contribution in [2.75, 3.05) is 13.1 Å². The van der Waals surface area contributed by atoms with Gasteiger partial charge in [0.1, 0.15) is 15.6 Å². The molecular weight excluding hydrogens is 362 g/mol. The minimum Gasteiger partial charge on any atom is -0.508 e. The third-order valence-corrected chi connectivity index (χ3v) is 5.05. The average molecular weight is 381 g/mol. The lowest BCUT2D eigenvalue weighted by atomic mass is 10.2. The Bertz CT molecular complexity index is 937. The number of hydrogen-bond donors (Lipinski definition) is 3. The van der Waals surface area contributed by atoms with E-state index >= 15 is 0 Å². The molecule has 3 rings (SSSR count). The number of phenols is 1. The number of thiazole rings is 1. The highest BCUT2D eigenvalue weighted by Crippen LogP contribution is 2.27. The molecule has 1 aromatic heterocycles. The fraction of sp³-hybridized carbons (Fsp3) is 0.150. The van der Waals surface area contributed by atoms with Crippen molar-refractivity contribution in [1.29, 1.82) is 0 Å². The number of carbonyl (C=O) groups is 2. The summed E-state index contributed by atoms with van der Waals surface area (Å²) in [6, 6.07) is 15.7. The molecule has 0 radical (unpaired) electrons. The molecule has 0 saturated carbocycles. The van der Waals surface area contributed by atoms with Gasteiger partial charge in [-0.1, -0.05) is 30.3 Å². The number of aryl methyl sites for hydroxylation is 1. The van der Waals surface area contributed by atoms with Crippen LogP contribution in [0.3, 0.4) is 0 Å². The molecule has 0 aliphatic heterocycles. The summed E-state index contributed by atoms with van der Waals surface area (Å²) < 4.78 is 0. The van der Waals surface area contributed by atoms with Crippen molar-refractivity contribution in [2.24, 2.45) is 0 Å². The van der Waals surface area contributed by atoms with Gasteiger partial charge in [-0.15, -0.1) is 11.3 Å². The quantitative estimate of drug-likeness (QED) is 0.573. The molecule has 0 spiro atoms. The molecule has 0 fully saturated rings. The van der Waals surface area contributed by atoms with Crippen LogP contribution in [0.25, 0.3) is 10.6 Å². The van der Waals surface area contributed by atoms with Gasteiger partial charge in [0.2, 0.25) is 0 Å². The molecular formula is C20H19N3O3S. The SMILES string of the molecule is Cc1nc(-c2ccccc2)sc1C(=O)NCCNC(=O)c1ccc(O)cc1. The molecule has 7 heteroatoms. The van der Waals surface area contributed by atoms with Crippen LogP contribution in [0.15, 0.2) is 54.6 Å². The second kappa shape index (κ2) is 8.46. The Hall–Kier alpha value is -3.19. The summed E-state index contributed by atoms with van der Waals surface area (Å²) in [6.45, 7) is 2.42. The summed E-state index contributed by atoms with van der Waals surface area (Å²) in [6.07, 6.45) is 0. The van der Waals surface area contributed by atoms with Crippen LogP contribution < -0.4 is 10.6 Å². The summed E-state index contributed by atoms with van der Waals surface area (Å²) in [7, 11) is 0. The maximum Gasteiger partial charge on any atom is 0.263 e. The monoisotopic (exact) mass is 381 g/mol. The second-order valence-electron chi connectivity index (χ2n) is 5.86. The van der Waals surface area contributed by atoms with Crippen molar-refractivity contribution in [3.05, 3.63) is 70.7 Å². The van der Waals surface area contributed by atoms with Gasteiger partial charge in [0.15, 0.2) is 0 Å². The fourth-order valence-corrected chi connectivity index (χ4v) is 3.45. The number of aromatic nitrogens is 1. The van der Waals surface area contributed by atoms with Crippen molar-refractivity contribution < 1.29 is 14.7 Å². The smallest absolute Gasteiger partial charge is 0.263 e. The maximum absolute atomic E-state index is 12.4. The second-order valence-corrected chi connectivity index (χ2v) is 6.86. The van der Waals surface area contributed by atoms with Crippen LogP contribution in [0.4, 0.5) is 0 Å². The molecule has 0 saturated heterocycles. The number of hydrogen-bond acceptors (Lipinski definition) is 5. The number of carbonyl (C=O) groups excluding carboxylic acids is 2. The van der Waals surface area contributed by atoms with Crippen LogP contribution in [-0.4, -0.2) is 35.0 Å². The van der Waals surface area contributed by atoms with Crippen molar-refractivity contribution in [3.63, 3.8) is 0 Å². The summed E-state index contributed by atoms with van der Waals surface area (Å²) in [4.78, 5) is 29.4. The highest BCUT2D eigenvalue weighted by molar-refractivity contribution is 7.17. The molecule has 0 aliphatic rings. The van der Waals surface area contributed by atoms with Crippen molar-refractivity contribution >= 4 is 23.2 Å². The van der Waals surface area contributed by atoms with Crippen LogP contribution in [-0.2, 0) is 0 Å². The Morgan fingerprint density at radius 2 is 1.59 bits per heavy atom. The normalized spacial score (nSPS) is 10.4. The van der Waals surface area contributed by atoms with Gasteiger partial charge in [-0.2, -0.15) is 0 Å². The van der Waals surface area contributed by atoms with Gasteiger partial charge < -0.3 is 15.7 Å². The summed E-state index contributed by atoms with van der Waals surface area (Å²) in [5.74, 6) is -0.357. The largest absolute Gasteiger partial charge is 0.508 e. The zero-order valence-corrected chi connectivity index (χ0v) is 15.5. The Kier molecular flexibility index (Phi) is 5.83. The molecule has 27 heavy (non-hydrogen) atoms. The van der Waals surface area contributed by atoms with Crippen molar-refractivity contribution in [3.8, 4) is 16.3 Å². The van der Waals surface area contributed by atoms with E-state index in [2.05, 4.69) is 15.6 Å².